The quantitative estimate of drug-likeness (QED) is 0.842. The van der Waals surface area contributed by atoms with Crippen LogP contribution in [0.4, 0.5) is 0 Å². The number of nitrogens with one attached hydrogen (secondary N) is 1. The van der Waals surface area contributed by atoms with Crippen LogP contribution in [0.1, 0.15) is 30.0 Å². The summed E-state index contributed by atoms with van der Waals surface area (Å²) in [5.74, 6) is 1.06. The third-order valence-corrected chi connectivity index (χ3v) is 3.84. The molecule has 0 radical (unpaired) electrons. The van der Waals surface area contributed by atoms with Crippen molar-refractivity contribution in [2.24, 2.45) is 5.73 Å². The second kappa shape index (κ2) is 7.28. The van der Waals surface area contributed by atoms with Crippen LogP contribution in [0.25, 0.3) is 5.69 Å². The van der Waals surface area contributed by atoms with Crippen molar-refractivity contribution in [3.63, 3.8) is 0 Å². The molecule has 1 amide bonds. The van der Waals surface area contributed by atoms with Crippen LogP contribution >= 0.6 is 12.4 Å². The third-order valence-electron chi connectivity index (χ3n) is 3.84. The van der Waals surface area contributed by atoms with Gasteiger partial charge in [-0.2, -0.15) is 0 Å². The minimum absolute atomic E-state index is 0. The Hall–Kier alpha value is -2.32. The van der Waals surface area contributed by atoms with Crippen LogP contribution in [0.5, 0.6) is 11.5 Å². The number of carbonyl (C=O) groups is 1. The highest BCUT2D eigenvalue weighted by molar-refractivity contribution is 5.93. The summed E-state index contributed by atoms with van der Waals surface area (Å²) in [6.45, 7) is 6.87. The first-order valence-corrected chi connectivity index (χ1v) is 7.76. The molecular weight excluding hydrogens is 346 g/mol. The number of ether oxygens (including phenoxy) is 2. The molecule has 2 aromatic rings. The minimum atomic E-state index is -0.510. The molecule has 0 unspecified atom stereocenters. The van der Waals surface area contributed by atoms with E-state index in [4.69, 9.17) is 15.2 Å². The molecule has 0 aliphatic carbocycles. The lowest BCUT2D eigenvalue weighted by atomic mass is 10.1. The highest BCUT2D eigenvalue weighted by atomic mass is 35.5. The van der Waals surface area contributed by atoms with Gasteiger partial charge < -0.3 is 20.5 Å². The Morgan fingerprint density at radius 1 is 1.32 bits per heavy atom. The molecule has 25 heavy (non-hydrogen) atoms. The van der Waals surface area contributed by atoms with Crippen molar-refractivity contribution in [3.05, 3.63) is 29.6 Å². The van der Waals surface area contributed by atoms with Gasteiger partial charge in [0.2, 0.25) is 0 Å². The lowest BCUT2D eigenvalue weighted by Gasteiger charge is -2.23. The fraction of sp³-hybridized carbons (Fsp3) is 0.438. The van der Waals surface area contributed by atoms with Gasteiger partial charge in [-0.15, -0.1) is 17.5 Å². The van der Waals surface area contributed by atoms with Gasteiger partial charge in [0.05, 0.1) is 11.4 Å². The van der Waals surface area contributed by atoms with Crippen LogP contribution in [0.3, 0.4) is 0 Å². The van der Waals surface area contributed by atoms with E-state index in [1.54, 1.807) is 11.6 Å². The minimum Gasteiger partial charge on any atom is -0.486 e. The second-order valence-corrected chi connectivity index (χ2v) is 6.31. The zero-order valence-corrected chi connectivity index (χ0v) is 15.2. The molecule has 1 aliphatic rings. The number of amides is 1. The number of halogens is 1. The van der Waals surface area contributed by atoms with Crippen LogP contribution in [0, 0.1) is 6.92 Å². The number of benzene rings is 1. The van der Waals surface area contributed by atoms with Crippen LogP contribution in [-0.4, -0.2) is 46.2 Å². The molecular formula is C16H22ClN5O3. The highest BCUT2D eigenvalue weighted by Gasteiger charge is 2.24. The van der Waals surface area contributed by atoms with E-state index >= 15 is 0 Å². The van der Waals surface area contributed by atoms with Gasteiger partial charge in [0.25, 0.3) is 5.91 Å². The third kappa shape index (κ3) is 3.85. The molecule has 3 N–H and O–H groups in total. The first-order valence-electron chi connectivity index (χ1n) is 7.76. The molecule has 0 saturated carbocycles. The maximum Gasteiger partial charge on any atom is 0.274 e. The topological polar surface area (TPSA) is 104 Å². The van der Waals surface area contributed by atoms with Crippen LogP contribution in [0.2, 0.25) is 0 Å². The number of hydrogen-bond donors (Lipinski definition) is 2. The Morgan fingerprint density at radius 2 is 2.00 bits per heavy atom. The van der Waals surface area contributed by atoms with Gasteiger partial charge in [-0.25, -0.2) is 4.68 Å². The van der Waals surface area contributed by atoms with Crippen molar-refractivity contribution in [3.8, 4) is 17.2 Å². The van der Waals surface area contributed by atoms with Gasteiger partial charge >= 0.3 is 0 Å². The van der Waals surface area contributed by atoms with Crippen LogP contribution < -0.4 is 20.5 Å². The summed E-state index contributed by atoms with van der Waals surface area (Å²) in [6, 6.07) is 5.49. The Bertz CT molecular complexity index is 775. The molecule has 1 aromatic heterocycles. The number of aromatic nitrogens is 3. The summed E-state index contributed by atoms with van der Waals surface area (Å²) in [6.07, 6.45) is 0. The fourth-order valence-corrected chi connectivity index (χ4v) is 2.37. The predicted octanol–water partition coefficient (Wildman–Crippen LogP) is 1.24. The number of nitrogens with two attached hydrogens (primary N) is 1. The summed E-state index contributed by atoms with van der Waals surface area (Å²) >= 11 is 0. The highest BCUT2D eigenvalue weighted by Crippen LogP contribution is 2.32. The van der Waals surface area contributed by atoms with Gasteiger partial charge in [-0.3, -0.25) is 4.79 Å². The van der Waals surface area contributed by atoms with Crippen molar-refractivity contribution in [2.75, 3.05) is 19.8 Å². The van der Waals surface area contributed by atoms with E-state index in [1.165, 1.54) is 0 Å². The second-order valence-electron chi connectivity index (χ2n) is 6.31. The zero-order valence-electron chi connectivity index (χ0n) is 14.4. The summed E-state index contributed by atoms with van der Waals surface area (Å²) in [4.78, 5) is 12.4. The summed E-state index contributed by atoms with van der Waals surface area (Å²) in [5, 5.41) is 11.0. The number of rotatable bonds is 4. The molecule has 0 saturated heterocycles. The molecule has 0 atom stereocenters. The van der Waals surface area contributed by atoms with Crippen molar-refractivity contribution in [2.45, 2.75) is 26.3 Å². The Kier molecular flexibility index (Phi) is 5.54. The molecule has 1 aromatic carbocycles. The van der Waals surface area contributed by atoms with Crippen LogP contribution in [0.15, 0.2) is 18.2 Å². The van der Waals surface area contributed by atoms with E-state index < -0.39 is 5.54 Å². The van der Waals surface area contributed by atoms with Crippen molar-refractivity contribution >= 4 is 18.3 Å². The van der Waals surface area contributed by atoms with Crippen molar-refractivity contribution in [1.29, 1.82) is 0 Å². The molecule has 136 valence electrons. The Morgan fingerprint density at radius 3 is 2.68 bits per heavy atom. The van der Waals surface area contributed by atoms with Gasteiger partial charge in [0.1, 0.15) is 13.2 Å². The van der Waals surface area contributed by atoms with Crippen LogP contribution in [-0.2, 0) is 0 Å². The molecule has 0 fully saturated rings. The Labute approximate surface area is 152 Å². The van der Waals surface area contributed by atoms with Gasteiger partial charge in [0.15, 0.2) is 17.2 Å². The lowest BCUT2D eigenvalue weighted by molar-refractivity contribution is 0.0910. The monoisotopic (exact) mass is 367 g/mol. The van der Waals surface area contributed by atoms with E-state index in [2.05, 4.69) is 15.6 Å². The molecule has 1 aliphatic heterocycles. The smallest absolute Gasteiger partial charge is 0.274 e. The standard InChI is InChI=1S/C16H21N5O3.ClH/c1-10-14(15(22)18-16(2,3)9-17)19-20-21(10)11-4-5-12-13(8-11)24-7-6-23-12;/h4-5,8H,6-7,9,17H2,1-3H3,(H,18,22);1H. The SMILES string of the molecule is Cc1c(C(=O)NC(C)(C)CN)nnn1-c1ccc2c(c1)OCCO2.Cl. The van der Waals surface area contributed by atoms with E-state index in [-0.39, 0.29) is 24.0 Å². The molecule has 0 spiro atoms. The van der Waals surface area contributed by atoms with E-state index in [0.29, 0.717) is 37.0 Å². The average molecular weight is 368 g/mol. The molecule has 3 rings (SSSR count). The normalized spacial score (nSPS) is 13.1. The molecule has 2 heterocycles. The maximum absolute atomic E-state index is 12.4. The number of hydrogen-bond acceptors (Lipinski definition) is 6. The number of fused-ring (bicyclic) bond motifs is 1. The maximum atomic E-state index is 12.4. The van der Waals surface area contributed by atoms with Crippen molar-refractivity contribution in [1.82, 2.24) is 20.3 Å². The zero-order chi connectivity index (χ0) is 17.3. The van der Waals surface area contributed by atoms with E-state index in [0.717, 1.165) is 5.69 Å². The first-order chi connectivity index (χ1) is 11.4. The summed E-state index contributed by atoms with van der Waals surface area (Å²) in [5.41, 5.74) is 6.80. The average Bonchev–Trinajstić information content (AvgIpc) is 2.95. The van der Waals surface area contributed by atoms with E-state index in [1.807, 2.05) is 32.0 Å². The summed E-state index contributed by atoms with van der Waals surface area (Å²) < 4.78 is 12.7. The van der Waals surface area contributed by atoms with E-state index in [9.17, 15) is 4.79 Å². The van der Waals surface area contributed by atoms with Crippen molar-refractivity contribution < 1.29 is 14.3 Å². The molecule has 8 nitrogen and oxygen atoms in total. The van der Waals surface area contributed by atoms with Gasteiger partial charge in [-0.1, -0.05) is 5.21 Å². The first kappa shape index (κ1) is 19.0. The number of nitrogens with zero attached hydrogens (tertiary/aromatic N) is 3. The fourth-order valence-electron chi connectivity index (χ4n) is 2.37. The molecule has 0 bridgehead atoms. The predicted molar refractivity (Wildman–Crippen MR) is 94.9 cm³/mol. The van der Waals surface area contributed by atoms with Gasteiger partial charge in [0, 0.05) is 18.2 Å². The summed E-state index contributed by atoms with van der Waals surface area (Å²) in [7, 11) is 0. The number of carbonyl (C=O) groups excluding carboxylic acids is 1. The lowest BCUT2D eigenvalue weighted by Crippen LogP contribution is -2.49. The largest absolute Gasteiger partial charge is 0.486 e. The molecule has 9 heteroatoms. The Balaban J connectivity index is 0.00000225. The van der Waals surface area contributed by atoms with Gasteiger partial charge in [-0.05, 0) is 32.9 Å².